The number of hydrogen-bond donors (Lipinski definition) is 0. The van der Waals surface area contributed by atoms with Crippen molar-refractivity contribution in [3.63, 3.8) is 0 Å². The van der Waals surface area contributed by atoms with E-state index < -0.39 is 29.4 Å². The number of benzene rings is 1. The molecule has 5 rings (SSSR count). The van der Waals surface area contributed by atoms with Crippen molar-refractivity contribution < 1.29 is 30.8 Å². The summed E-state index contributed by atoms with van der Waals surface area (Å²) < 4.78 is 84.8. The van der Waals surface area contributed by atoms with E-state index in [9.17, 15) is 31.1 Å². The van der Waals surface area contributed by atoms with Crippen molar-refractivity contribution in [3.8, 4) is 28.7 Å². The van der Waals surface area contributed by atoms with Crippen molar-refractivity contribution in [3.05, 3.63) is 76.4 Å². The Morgan fingerprint density at radius 1 is 0.886 bits per heavy atom. The summed E-state index contributed by atoms with van der Waals surface area (Å²) in [5, 5.41) is 0. The van der Waals surface area contributed by atoms with E-state index in [1.165, 1.54) is 6.20 Å². The van der Waals surface area contributed by atoms with Crippen molar-refractivity contribution in [2.45, 2.75) is 31.1 Å². The fourth-order valence-corrected chi connectivity index (χ4v) is 3.38. The number of rotatable bonds is 4. The first-order chi connectivity index (χ1) is 16.5. The van der Waals surface area contributed by atoms with Gasteiger partial charge >= 0.3 is 18.0 Å². The summed E-state index contributed by atoms with van der Waals surface area (Å²) in [6.07, 6.45) is -5.36. The fourth-order valence-electron chi connectivity index (χ4n) is 3.38. The van der Waals surface area contributed by atoms with Crippen LogP contribution in [0, 0.1) is 0 Å². The Balaban J connectivity index is 1.65. The van der Waals surface area contributed by atoms with Crippen molar-refractivity contribution in [2.75, 3.05) is 0 Å². The van der Waals surface area contributed by atoms with Crippen LogP contribution < -0.4 is 5.69 Å². The highest BCUT2D eigenvalue weighted by molar-refractivity contribution is 5.68. The number of aromatic nitrogens is 5. The topological polar surface area (TPSA) is 86.7 Å². The molecule has 35 heavy (non-hydrogen) atoms. The zero-order valence-corrected chi connectivity index (χ0v) is 17.4. The van der Waals surface area contributed by atoms with Crippen molar-refractivity contribution >= 4 is 0 Å². The maximum Gasteiger partial charge on any atom is 0.451 e. The van der Waals surface area contributed by atoms with E-state index in [4.69, 9.17) is 4.42 Å². The highest BCUT2D eigenvalue weighted by Gasteiger charge is 2.35. The molecule has 0 unspecified atom stereocenters. The summed E-state index contributed by atoms with van der Waals surface area (Å²) >= 11 is 0. The van der Waals surface area contributed by atoms with Crippen LogP contribution in [-0.2, 0) is 12.4 Å². The van der Waals surface area contributed by atoms with Crippen LogP contribution in [0.4, 0.5) is 26.3 Å². The molecular formula is C22H13F6N5O2. The normalized spacial score (nSPS) is 14.3. The van der Waals surface area contributed by atoms with Crippen LogP contribution in [0.1, 0.15) is 35.8 Å². The lowest BCUT2D eigenvalue weighted by molar-refractivity contribution is -0.145. The zero-order chi connectivity index (χ0) is 25.0. The molecule has 1 aliphatic rings. The molecule has 0 bridgehead atoms. The number of oxazole rings is 1. The van der Waals surface area contributed by atoms with Crippen LogP contribution in [0.5, 0.6) is 0 Å². The molecule has 0 saturated heterocycles. The first kappa shape index (κ1) is 22.7. The molecule has 1 fully saturated rings. The van der Waals surface area contributed by atoms with Crippen molar-refractivity contribution in [1.82, 2.24) is 24.5 Å². The Kier molecular flexibility index (Phi) is 5.22. The number of hydrogen-bond acceptors (Lipinski definition) is 6. The molecule has 180 valence electrons. The highest BCUT2D eigenvalue weighted by Crippen LogP contribution is 2.39. The molecule has 3 aromatic heterocycles. The van der Waals surface area contributed by atoms with Gasteiger partial charge in [-0.25, -0.2) is 19.3 Å². The molecule has 3 heterocycles. The third-order valence-electron chi connectivity index (χ3n) is 5.26. The third kappa shape index (κ3) is 4.53. The van der Waals surface area contributed by atoms with E-state index in [-0.39, 0.29) is 34.6 Å². The third-order valence-corrected chi connectivity index (χ3v) is 5.26. The van der Waals surface area contributed by atoms with Crippen LogP contribution in [0.3, 0.4) is 0 Å². The molecule has 1 aliphatic carbocycles. The minimum atomic E-state index is -4.83. The van der Waals surface area contributed by atoms with Gasteiger partial charge < -0.3 is 4.42 Å². The smallest absolute Gasteiger partial charge is 0.432 e. The van der Waals surface area contributed by atoms with Gasteiger partial charge in [-0.05, 0) is 37.1 Å². The fraction of sp³-hybridized carbons (Fsp3) is 0.227. The van der Waals surface area contributed by atoms with Crippen molar-refractivity contribution in [1.29, 1.82) is 0 Å². The molecule has 0 radical (unpaired) electrons. The molecule has 0 N–H and O–H groups in total. The summed E-state index contributed by atoms with van der Waals surface area (Å²) in [6.45, 7) is 0. The molecule has 0 spiro atoms. The lowest BCUT2D eigenvalue weighted by Crippen LogP contribution is -2.22. The van der Waals surface area contributed by atoms with Gasteiger partial charge in [0.2, 0.25) is 11.7 Å². The van der Waals surface area contributed by atoms with E-state index in [2.05, 4.69) is 19.9 Å². The van der Waals surface area contributed by atoms with Crippen LogP contribution in [0.25, 0.3) is 28.7 Å². The Bertz CT molecular complexity index is 1450. The predicted molar refractivity (Wildman–Crippen MR) is 108 cm³/mol. The summed E-state index contributed by atoms with van der Waals surface area (Å²) in [5.74, 6) is -1.95. The maximum atomic E-state index is 13.1. The Hall–Kier alpha value is -4.03. The molecule has 0 amide bonds. The first-order valence-electron chi connectivity index (χ1n) is 10.2. The summed E-state index contributed by atoms with van der Waals surface area (Å²) in [7, 11) is 0. The second kappa shape index (κ2) is 8.03. The van der Waals surface area contributed by atoms with Gasteiger partial charge in [-0.15, -0.1) is 0 Å². The minimum absolute atomic E-state index is 0.107. The van der Waals surface area contributed by atoms with Gasteiger partial charge in [-0.2, -0.15) is 36.3 Å². The molecular weight excluding hydrogens is 480 g/mol. The molecule has 7 nitrogen and oxygen atoms in total. The quantitative estimate of drug-likeness (QED) is 0.361. The lowest BCUT2D eigenvalue weighted by Gasteiger charge is -2.08. The Labute approximate surface area is 192 Å². The SMILES string of the molecule is O=c1nc(C2CC2)ccn1-c1nc(-c2ccnc(C(F)(F)F)n2)oc1-c1ccc(C(F)(F)F)cc1. The largest absolute Gasteiger partial charge is 0.451 e. The molecule has 1 saturated carbocycles. The van der Waals surface area contributed by atoms with Crippen molar-refractivity contribution in [2.24, 2.45) is 0 Å². The molecule has 0 aliphatic heterocycles. The van der Waals surface area contributed by atoms with Gasteiger partial charge in [0.05, 0.1) is 11.3 Å². The maximum absolute atomic E-state index is 13.1. The van der Waals surface area contributed by atoms with E-state index in [1.807, 2.05) is 0 Å². The zero-order valence-electron chi connectivity index (χ0n) is 17.4. The highest BCUT2D eigenvalue weighted by atomic mass is 19.4. The summed E-state index contributed by atoms with van der Waals surface area (Å²) in [5.41, 5.74) is -1.27. The standard InChI is InChI=1S/C22H13F6N5O2/c23-21(24,25)13-5-3-12(4-6-13)16-17(33-10-8-14(11-1-2-11)31-20(33)34)32-18(35-16)15-7-9-29-19(30-15)22(26,27)28/h3-11H,1-2H2. The first-order valence-corrected chi connectivity index (χ1v) is 10.2. The van der Waals surface area contributed by atoms with E-state index in [1.54, 1.807) is 6.07 Å². The Morgan fingerprint density at radius 2 is 1.60 bits per heavy atom. The van der Waals surface area contributed by atoms with E-state index in [0.717, 1.165) is 53.9 Å². The van der Waals surface area contributed by atoms with Crippen LogP contribution in [-0.4, -0.2) is 24.5 Å². The van der Waals surface area contributed by atoms with Gasteiger partial charge in [0.15, 0.2) is 11.6 Å². The molecule has 0 atom stereocenters. The van der Waals surface area contributed by atoms with Gasteiger partial charge in [0, 0.05) is 23.9 Å². The molecule has 4 aromatic rings. The number of alkyl halides is 6. The second-order valence-corrected chi connectivity index (χ2v) is 7.79. The minimum Gasteiger partial charge on any atom is -0.432 e. The summed E-state index contributed by atoms with van der Waals surface area (Å²) in [4.78, 5) is 27.5. The van der Waals surface area contributed by atoms with Gasteiger partial charge in [-0.1, -0.05) is 12.1 Å². The average molecular weight is 493 g/mol. The summed E-state index contributed by atoms with van der Waals surface area (Å²) in [6, 6.07) is 6.56. The van der Waals surface area contributed by atoms with Crippen LogP contribution >= 0.6 is 0 Å². The lowest BCUT2D eigenvalue weighted by atomic mass is 10.1. The number of halogens is 6. The van der Waals surface area contributed by atoms with Crippen LogP contribution in [0.2, 0.25) is 0 Å². The van der Waals surface area contributed by atoms with Crippen LogP contribution in [0.15, 0.2) is 58.0 Å². The van der Waals surface area contributed by atoms with E-state index in [0.29, 0.717) is 5.69 Å². The molecule has 1 aromatic carbocycles. The van der Waals surface area contributed by atoms with Gasteiger partial charge in [-0.3, -0.25) is 0 Å². The van der Waals surface area contributed by atoms with Gasteiger partial charge in [0.1, 0.15) is 5.69 Å². The van der Waals surface area contributed by atoms with E-state index >= 15 is 0 Å². The molecule has 13 heteroatoms. The number of nitrogens with zero attached hydrogens (tertiary/aromatic N) is 5. The predicted octanol–water partition coefficient (Wildman–Crippen LogP) is 5.26. The Morgan fingerprint density at radius 3 is 2.20 bits per heavy atom. The second-order valence-electron chi connectivity index (χ2n) is 7.79. The average Bonchev–Trinajstić information content (AvgIpc) is 3.57. The van der Waals surface area contributed by atoms with Gasteiger partial charge in [0.25, 0.3) is 0 Å². The monoisotopic (exact) mass is 493 g/mol.